The second kappa shape index (κ2) is 4.69. The summed E-state index contributed by atoms with van der Waals surface area (Å²) in [6.07, 6.45) is 6.37. The number of hydrogen-bond donors (Lipinski definition) is 2. The maximum atomic E-state index is 6.10. The molecule has 17 heavy (non-hydrogen) atoms. The Morgan fingerprint density at radius 1 is 1.12 bits per heavy atom. The number of rotatable bonds is 2. The van der Waals surface area contributed by atoms with Crippen molar-refractivity contribution in [2.24, 2.45) is 5.73 Å². The molecule has 0 amide bonds. The number of nitrogen functional groups attached to an aromatic ring is 1. The Morgan fingerprint density at radius 2 is 1.76 bits per heavy atom. The van der Waals surface area contributed by atoms with Gasteiger partial charge in [0.25, 0.3) is 0 Å². The molecule has 2 rings (SSSR count). The zero-order valence-corrected chi connectivity index (χ0v) is 11.1. The van der Waals surface area contributed by atoms with Gasteiger partial charge in [0.1, 0.15) is 0 Å². The minimum absolute atomic E-state index is 0.185. The minimum Gasteiger partial charge on any atom is -0.398 e. The summed E-state index contributed by atoms with van der Waals surface area (Å²) in [5.41, 5.74) is 17.1. The van der Waals surface area contributed by atoms with Crippen LogP contribution in [0.5, 0.6) is 0 Å². The van der Waals surface area contributed by atoms with Gasteiger partial charge < -0.3 is 11.5 Å². The Morgan fingerprint density at radius 3 is 2.29 bits per heavy atom. The van der Waals surface area contributed by atoms with E-state index < -0.39 is 0 Å². The van der Waals surface area contributed by atoms with Crippen LogP contribution in [0.4, 0.5) is 5.69 Å². The van der Waals surface area contributed by atoms with Gasteiger partial charge in [-0.25, -0.2) is 0 Å². The maximum absolute atomic E-state index is 6.10. The van der Waals surface area contributed by atoms with Gasteiger partial charge in [-0.3, -0.25) is 0 Å². The van der Waals surface area contributed by atoms with E-state index in [0.717, 1.165) is 12.2 Å². The van der Waals surface area contributed by atoms with E-state index in [1.54, 1.807) is 0 Å². The number of nitrogens with two attached hydrogens (primary N) is 2. The molecule has 0 heterocycles. The first-order valence-electron chi connectivity index (χ1n) is 6.66. The molecule has 1 aliphatic carbocycles. The molecule has 0 spiro atoms. The topological polar surface area (TPSA) is 52.0 Å². The van der Waals surface area contributed by atoms with E-state index in [-0.39, 0.29) is 5.41 Å². The van der Waals surface area contributed by atoms with Crippen LogP contribution in [0.2, 0.25) is 0 Å². The monoisotopic (exact) mass is 232 g/mol. The maximum Gasteiger partial charge on any atom is 0.0349 e. The summed E-state index contributed by atoms with van der Waals surface area (Å²) in [4.78, 5) is 0. The fraction of sp³-hybridized carbons (Fsp3) is 0.600. The van der Waals surface area contributed by atoms with Crippen LogP contribution >= 0.6 is 0 Å². The quantitative estimate of drug-likeness (QED) is 0.770. The second-order valence-electron chi connectivity index (χ2n) is 5.55. The second-order valence-corrected chi connectivity index (χ2v) is 5.55. The lowest BCUT2D eigenvalue weighted by molar-refractivity contribution is 0.301. The van der Waals surface area contributed by atoms with Crippen LogP contribution in [0.25, 0.3) is 0 Å². The molecule has 1 aliphatic rings. The van der Waals surface area contributed by atoms with Gasteiger partial charge in [-0.05, 0) is 49.4 Å². The highest BCUT2D eigenvalue weighted by molar-refractivity contribution is 5.54. The van der Waals surface area contributed by atoms with Crippen molar-refractivity contribution in [1.82, 2.24) is 0 Å². The molecule has 0 aromatic heterocycles. The van der Waals surface area contributed by atoms with Gasteiger partial charge in [0.15, 0.2) is 0 Å². The van der Waals surface area contributed by atoms with Crippen LogP contribution in [0.15, 0.2) is 12.1 Å². The van der Waals surface area contributed by atoms with Crippen molar-refractivity contribution in [3.05, 3.63) is 28.8 Å². The summed E-state index contributed by atoms with van der Waals surface area (Å²) in [5.74, 6) is 0. The van der Waals surface area contributed by atoms with Crippen LogP contribution in [-0.4, -0.2) is 6.54 Å². The van der Waals surface area contributed by atoms with E-state index in [9.17, 15) is 0 Å². The first-order valence-corrected chi connectivity index (χ1v) is 6.66. The zero-order chi connectivity index (χ0) is 12.5. The lowest BCUT2D eigenvalue weighted by Gasteiger charge is -2.37. The summed E-state index contributed by atoms with van der Waals surface area (Å²) in [5, 5.41) is 0. The molecule has 2 heteroatoms. The first kappa shape index (κ1) is 12.4. The summed E-state index contributed by atoms with van der Waals surface area (Å²) in [6, 6.07) is 4.45. The number of hydrogen-bond acceptors (Lipinski definition) is 2. The zero-order valence-electron chi connectivity index (χ0n) is 11.1. The lowest BCUT2D eigenvalue weighted by atomic mass is 9.69. The van der Waals surface area contributed by atoms with Gasteiger partial charge in [0.05, 0.1) is 0 Å². The Hall–Kier alpha value is -1.02. The Balaban J connectivity index is 2.43. The molecule has 0 aliphatic heterocycles. The fourth-order valence-corrected chi connectivity index (χ4v) is 3.03. The van der Waals surface area contributed by atoms with Crippen molar-refractivity contribution in [2.75, 3.05) is 12.3 Å². The number of anilines is 1. The van der Waals surface area contributed by atoms with Crippen LogP contribution < -0.4 is 11.5 Å². The first-order chi connectivity index (χ1) is 8.09. The third kappa shape index (κ3) is 2.19. The summed E-state index contributed by atoms with van der Waals surface area (Å²) < 4.78 is 0. The molecular weight excluding hydrogens is 208 g/mol. The largest absolute Gasteiger partial charge is 0.398 e. The van der Waals surface area contributed by atoms with E-state index in [2.05, 4.69) is 26.0 Å². The molecule has 0 atom stereocenters. The molecule has 0 radical (unpaired) electrons. The SMILES string of the molecule is Cc1cc(C2(CN)CCCCC2)cc(N)c1C. The lowest BCUT2D eigenvalue weighted by Crippen LogP contribution is -2.37. The molecule has 1 aromatic carbocycles. The smallest absolute Gasteiger partial charge is 0.0349 e. The Kier molecular flexibility index (Phi) is 3.43. The standard InChI is InChI=1S/C15H24N2/c1-11-8-13(9-14(17)12(11)2)15(10-16)6-4-3-5-7-15/h8-9H,3-7,10,16-17H2,1-2H3. The van der Waals surface area contributed by atoms with Crippen molar-refractivity contribution in [1.29, 1.82) is 0 Å². The summed E-state index contributed by atoms with van der Waals surface area (Å²) in [7, 11) is 0. The number of benzene rings is 1. The van der Waals surface area contributed by atoms with E-state index in [1.807, 2.05) is 0 Å². The predicted octanol–water partition coefficient (Wildman–Crippen LogP) is 3.05. The highest BCUT2D eigenvalue weighted by Crippen LogP contribution is 2.40. The highest BCUT2D eigenvalue weighted by atomic mass is 14.6. The molecule has 0 saturated heterocycles. The molecular formula is C15H24N2. The molecule has 0 unspecified atom stereocenters. The van der Waals surface area contributed by atoms with Crippen molar-refractivity contribution >= 4 is 5.69 Å². The molecule has 0 bridgehead atoms. The fourth-order valence-electron chi connectivity index (χ4n) is 3.03. The van der Waals surface area contributed by atoms with Crippen molar-refractivity contribution in [2.45, 2.75) is 51.4 Å². The molecule has 4 N–H and O–H groups in total. The average molecular weight is 232 g/mol. The van der Waals surface area contributed by atoms with E-state index in [4.69, 9.17) is 11.5 Å². The van der Waals surface area contributed by atoms with E-state index in [0.29, 0.717) is 0 Å². The van der Waals surface area contributed by atoms with Crippen LogP contribution in [0.1, 0.15) is 48.8 Å². The van der Waals surface area contributed by atoms with Gasteiger partial charge in [-0.1, -0.05) is 25.3 Å². The predicted molar refractivity (Wildman–Crippen MR) is 74.1 cm³/mol. The van der Waals surface area contributed by atoms with Crippen molar-refractivity contribution in [3.8, 4) is 0 Å². The van der Waals surface area contributed by atoms with Gasteiger partial charge in [0.2, 0.25) is 0 Å². The van der Waals surface area contributed by atoms with Crippen molar-refractivity contribution in [3.63, 3.8) is 0 Å². The van der Waals surface area contributed by atoms with E-state index in [1.165, 1.54) is 48.8 Å². The third-order valence-electron chi connectivity index (χ3n) is 4.52. The summed E-state index contributed by atoms with van der Waals surface area (Å²) in [6.45, 7) is 4.97. The molecule has 1 saturated carbocycles. The van der Waals surface area contributed by atoms with Crippen LogP contribution in [0.3, 0.4) is 0 Å². The molecule has 1 aromatic rings. The average Bonchev–Trinajstić information content (AvgIpc) is 2.36. The van der Waals surface area contributed by atoms with Crippen LogP contribution in [-0.2, 0) is 5.41 Å². The van der Waals surface area contributed by atoms with Gasteiger partial charge in [-0.15, -0.1) is 0 Å². The van der Waals surface area contributed by atoms with Crippen molar-refractivity contribution < 1.29 is 0 Å². The highest BCUT2D eigenvalue weighted by Gasteiger charge is 2.32. The Bertz CT molecular complexity index is 380. The molecule has 94 valence electrons. The molecule has 1 fully saturated rings. The van der Waals surface area contributed by atoms with Gasteiger partial charge in [0, 0.05) is 17.6 Å². The van der Waals surface area contributed by atoms with Gasteiger partial charge in [-0.2, -0.15) is 0 Å². The molecule has 2 nitrogen and oxygen atoms in total. The minimum atomic E-state index is 0.185. The number of aryl methyl sites for hydroxylation is 1. The normalized spacial score (nSPS) is 19.2. The summed E-state index contributed by atoms with van der Waals surface area (Å²) >= 11 is 0. The third-order valence-corrected chi connectivity index (χ3v) is 4.52. The van der Waals surface area contributed by atoms with E-state index >= 15 is 0 Å². The van der Waals surface area contributed by atoms with Crippen LogP contribution in [0, 0.1) is 13.8 Å². The Labute approximate surface area is 104 Å². The van der Waals surface area contributed by atoms with Gasteiger partial charge >= 0.3 is 0 Å².